The minimum Gasteiger partial charge on any atom is -0.507 e. The van der Waals surface area contributed by atoms with Crippen LogP contribution in [-0.4, -0.2) is 40.2 Å². The van der Waals surface area contributed by atoms with Crippen molar-refractivity contribution in [1.82, 2.24) is 9.47 Å². The molecule has 2 aromatic heterocycles. The summed E-state index contributed by atoms with van der Waals surface area (Å²) in [5, 5.41) is 12.0. The molecule has 1 saturated heterocycles. The number of phenols is 1. The highest BCUT2D eigenvalue weighted by atomic mass is 16.5. The van der Waals surface area contributed by atoms with Crippen molar-refractivity contribution in [3.05, 3.63) is 73.5 Å². The summed E-state index contributed by atoms with van der Waals surface area (Å²) in [7, 11) is 0. The molecule has 184 valence electrons. The van der Waals surface area contributed by atoms with Crippen LogP contribution in [0.4, 0.5) is 0 Å². The van der Waals surface area contributed by atoms with Crippen LogP contribution in [-0.2, 0) is 29.0 Å². The SMILES string of the molecule is CCOC(=O)CCc1cc2c(C)cc(=O)oc2c(CN2C[C@H]3C[C@@H](C2)c2cccc(=O)n2C3)c1O. The van der Waals surface area contributed by atoms with Gasteiger partial charge in [-0.2, -0.15) is 0 Å². The molecule has 0 aliphatic carbocycles. The van der Waals surface area contributed by atoms with Crippen molar-refractivity contribution in [2.75, 3.05) is 19.7 Å². The highest BCUT2D eigenvalue weighted by Gasteiger charge is 2.35. The number of carbonyl (C=O) groups excluding carboxylic acids is 1. The van der Waals surface area contributed by atoms with Crippen LogP contribution < -0.4 is 11.2 Å². The molecule has 35 heavy (non-hydrogen) atoms. The summed E-state index contributed by atoms with van der Waals surface area (Å²) in [4.78, 5) is 38.8. The van der Waals surface area contributed by atoms with Gasteiger partial charge in [-0.1, -0.05) is 6.07 Å². The number of pyridine rings is 1. The largest absolute Gasteiger partial charge is 0.507 e. The van der Waals surface area contributed by atoms with Crippen molar-refractivity contribution in [3.63, 3.8) is 0 Å². The Bertz CT molecular complexity index is 1410. The molecular formula is C27H30N2O6. The standard InChI is InChI=1S/C27H30N2O6/c1-3-34-24(31)8-7-18-11-20-16(2)9-25(32)35-27(20)21(26(18)33)15-28-12-17-10-19(14-28)22-5-4-6-23(30)29(22)13-17/h4-6,9,11,17,19,33H,3,7-8,10,12-15H2,1-2H3/t17-,19+/m1/s1. The van der Waals surface area contributed by atoms with Gasteiger partial charge in [-0.05, 0) is 55.9 Å². The van der Waals surface area contributed by atoms with Gasteiger partial charge in [0, 0.05) is 61.7 Å². The topological polar surface area (TPSA) is 102 Å². The van der Waals surface area contributed by atoms with Crippen molar-refractivity contribution in [1.29, 1.82) is 0 Å². The number of fused-ring (bicyclic) bond motifs is 5. The number of ether oxygens (including phenoxy) is 1. The van der Waals surface area contributed by atoms with E-state index in [2.05, 4.69) is 4.90 Å². The van der Waals surface area contributed by atoms with E-state index in [1.807, 2.05) is 23.6 Å². The first-order valence-electron chi connectivity index (χ1n) is 12.2. The number of piperidine rings is 1. The number of phenolic OH excluding ortho intramolecular Hbond substituents is 1. The second-order valence-electron chi connectivity index (χ2n) is 9.69. The molecule has 1 aromatic carbocycles. The number of hydrogen-bond donors (Lipinski definition) is 1. The van der Waals surface area contributed by atoms with E-state index in [1.165, 1.54) is 6.07 Å². The smallest absolute Gasteiger partial charge is 0.336 e. The van der Waals surface area contributed by atoms with Gasteiger partial charge in [0.2, 0.25) is 0 Å². The van der Waals surface area contributed by atoms with E-state index >= 15 is 0 Å². The summed E-state index contributed by atoms with van der Waals surface area (Å²) in [6.45, 7) is 6.53. The normalized spacial score (nSPS) is 19.5. The number of likely N-dealkylation sites (tertiary alicyclic amines) is 1. The van der Waals surface area contributed by atoms with Crippen molar-refractivity contribution in [2.45, 2.75) is 52.1 Å². The van der Waals surface area contributed by atoms with E-state index in [1.54, 1.807) is 19.1 Å². The van der Waals surface area contributed by atoms with E-state index in [0.29, 0.717) is 48.7 Å². The Hall–Kier alpha value is -3.39. The van der Waals surface area contributed by atoms with Gasteiger partial charge in [0.05, 0.1) is 12.2 Å². The molecule has 5 rings (SSSR count). The van der Waals surface area contributed by atoms with Crippen molar-refractivity contribution >= 4 is 16.9 Å². The van der Waals surface area contributed by atoms with Gasteiger partial charge in [-0.15, -0.1) is 0 Å². The van der Waals surface area contributed by atoms with Crippen LogP contribution in [0.15, 0.2) is 44.3 Å². The van der Waals surface area contributed by atoms with Crippen LogP contribution in [0.25, 0.3) is 11.0 Å². The van der Waals surface area contributed by atoms with Crippen molar-refractivity contribution in [2.24, 2.45) is 5.92 Å². The maximum atomic E-state index is 12.4. The van der Waals surface area contributed by atoms with E-state index < -0.39 is 5.63 Å². The number of aryl methyl sites for hydroxylation is 2. The summed E-state index contributed by atoms with van der Waals surface area (Å²) >= 11 is 0. The molecule has 1 fully saturated rings. The predicted molar refractivity (Wildman–Crippen MR) is 131 cm³/mol. The summed E-state index contributed by atoms with van der Waals surface area (Å²) in [5.74, 6) is 0.298. The third kappa shape index (κ3) is 4.50. The Kier molecular flexibility index (Phi) is 6.23. The molecule has 8 nitrogen and oxygen atoms in total. The summed E-state index contributed by atoms with van der Waals surface area (Å²) in [6.07, 6.45) is 1.51. The fraction of sp³-hybridized carbons (Fsp3) is 0.444. The molecule has 0 saturated carbocycles. The maximum Gasteiger partial charge on any atom is 0.336 e. The average Bonchev–Trinajstić information content (AvgIpc) is 2.81. The molecular weight excluding hydrogens is 448 g/mol. The number of aromatic nitrogens is 1. The number of nitrogens with zero attached hydrogens (tertiary/aromatic N) is 2. The highest BCUT2D eigenvalue weighted by Crippen LogP contribution is 2.38. The lowest BCUT2D eigenvalue weighted by Gasteiger charge is -2.42. The summed E-state index contributed by atoms with van der Waals surface area (Å²) < 4.78 is 12.5. The zero-order chi connectivity index (χ0) is 24.7. The quantitative estimate of drug-likeness (QED) is 0.429. The fourth-order valence-corrected chi connectivity index (χ4v) is 5.72. The van der Waals surface area contributed by atoms with Crippen LogP contribution in [0.1, 0.15) is 48.1 Å². The number of rotatable bonds is 6. The first-order chi connectivity index (χ1) is 16.8. The molecule has 4 heterocycles. The number of hydrogen-bond acceptors (Lipinski definition) is 7. The number of aromatic hydroxyl groups is 1. The van der Waals surface area contributed by atoms with Gasteiger partial charge >= 0.3 is 11.6 Å². The van der Waals surface area contributed by atoms with Crippen LogP contribution in [0.5, 0.6) is 5.75 Å². The molecule has 0 unspecified atom stereocenters. The van der Waals surface area contributed by atoms with Gasteiger partial charge in [0.15, 0.2) is 0 Å². The first kappa shape index (κ1) is 23.4. The van der Waals surface area contributed by atoms with Crippen LogP contribution in [0, 0.1) is 12.8 Å². The maximum absolute atomic E-state index is 12.4. The number of carbonyl (C=O) groups is 1. The Morgan fingerprint density at radius 2 is 2.03 bits per heavy atom. The van der Waals surface area contributed by atoms with Gasteiger partial charge in [-0.25, -0.2) is 4.79 Å². The van der Waals surface area contributed by atoms with E-state index in [4.69, 9.17) is 9.15 Å². The average molecular weight is 479 g/mol. The Labute approximate surface area is 202 Å². The lowest BCUT2D eigenvalue weighted by Crippen LogP contribution is -2.46. The molecule has 0 amide bonds. The summed E-state index contributed by atoms with van der Waals surface area (Å²) in [5.41, 5.74) is 2.98. The molecule has 2 aliphatic rings. The minimum atomic E-state index is -0.460. The van der Waals surface area contributed by atoms with Crippen LogP contribution in [0.2, 0.25) is 0 Å². The predicted octanol–water partition coefficient (Wildman–Crippen LogP) is 3.08. The van der Waals surface area contributed by atoms with Gasteiger partial charge in [0.25, 0.3) is 5.56 Å². The molecule has 8 heteroatoms. The molecule has 2 bridgehead atoms. The Morgan fingerprint density at radius 1 is 1.20 bits per heavy atom. The molecule has 2 atom stereocenters. The monoisotopic (exact) mass is 478 g/mol. The van der Waals surface area contributed by atoms with Crippen molar-refractivity contribution < 1.29 is 19.1 Å². The Balaban J connectivity index is 1.50. The molecule has 0 radical (unpaired) electrons. The second kappa shape index (κ2) is 9.34. The fourth-order valence-electron chi connectivity index (χ4n) is 5.72. The molecule has 0 spiro atoms. The van der Waals surface area contributed by atoms with Gasteiger partial charge in [0.1, 0.15) is 11.3 Å². The lowest BCUT2D eigenvalue weighted by molar-refractivity contribution is -0.143. The molecule has 3 aromatic rings. The minimum absolute atomic E-state index is 0.0424. The van der Waals surface area contributed by atoms with E-state index in [0.717, 1.165) is 36.2 Å². The first-order valence-corrected chi connectivity index (χ1v) is 12.2. The third-order valence-electron chi connectivity index (χ3n) is 7.23. The number of esters is 1. The van der Waals surface area contributed by atoms with Crippen LogP contribution in [0.3, 0.4) is 0 Å². The second-order valence-corrected chi connectivity index (χ2v) is 9.69. The van der Waals surface area contributed by atoms with E-state index in [-0.39, 0.29) is 29.6 Å². The zero-order valence-corrected chi connectivity index (χ0v) is 20.1. The zero-order valence-electron chi connectivity index (χ0n) is 20.1. The molecule has 1 N–H and O–H groups in total. The van der Waals surface area contributed by atoms with E-state index in [9.17, 15) is 19.5 Å². The highest BCUT2D eigenvalue weighted by molar-refractivity contribution is 5.86. The summed E-state index contributed by atoms with van der Waals surface area (Å²) in [6, 6.07) is 8.70. The lowest BCUT2D eigenvalue weighted by atomic mass is 9.83. The molecule has 2 aliphatic heterocycles. The van der Waals surface area contributed by atoms with Crippen LogP contribution >= 0.6 is 0 Å². The third-order valence-corrected chi connectivity index (χ3v) is 7.23. The van der Waals surface area contributed by atoms with Gasteiger partial charge in [-0.3, -0.25) is 14.5 Å². The van der Waals surface area contributed by atoms with Crippen molar-refractivity contribution in [3.8, 4) is 5.75 Å². The number of benzene rings is 1. The van der Waals surface area contributed by atoms with Gasteiger partial charge < -0.3 is 18.8 Å². The Morgan fingerprint density at radius 3 is 2.83 bits per heavy atom.